The Morgan fingerprint density at radius 3 is 2.85 bits per heavy atom. The van der Waals surface area contributed by atoms with Crippen LogP contribution in [0.25, 0.3) is 0 Å². The van der Waals surface area contributed by atoms with E-state index in [1.807, 2.05) is 13.0 Å². The zero-order chi connectivity index (χ0) is 14.3. The summed E-state index contributed by atoms with van der Waals surface area (Å²) in [6, 6.07) is 8.77. The van der Waals surface area contributed by atoms with Crippen LogP contribution >= 0.6 is 12.2 Å². The molecule has 0 saturated carbocycles. The SMILES string of the molecule is CC1=C(O)C(=S)C=CC1[C@H](C)[C@H]1CCc2ccccc21. The van der Waals surface area contributed by atoms with Gasteiger partial charge in [0.15, 0.2) is 0 Å². The number of benzene rings is 1. The fraction of sp³-hybridized carbons (Fsp3) is 0.389. The van der Waals surface area contributed by atoms with Crippen molar-refractivity contribution < 1.29 is 5.11 Å². The van der Waals surface area contributed by atoms with Crippen molar-refractivity contribution in [3.8, 4) is 0 Å². The first-order valence-corrected chi connectivity index (χ1v) is 7.70. The maximum atomic E-state index is 10.1. The Morgan fingerprint density at radius 1 is 1.30 bits per heavy atom. The lowest BCUT2D eigenvalue weighted by atomic mass is 9.75. The van der Waals surface area contributed by atoms with Crippen LogP contribution in [0.15, 0.2) is 47.7 Å². The normalized spacial score (nSPS) is 26.8. The minimum atomic E-state index is 0.290. The van der Waals surface area contributed by atoms with Gasteiger partial charge in [-0.1, -0.05) is 49.5 Å². The number of hydrogen-bond donors (Lipinski definition) is 1. The predicted octanol–water partition coefficient (Wildman–Crippen LogP) is 4.74. The summed E-state index contributed by atoms with van der Waals surface area (Å²) in [4.78, 5) is 0.567. The molecule has 2 aliphatic carbocycles. The highest BCUT2D eigenvalue weighted by atomic mass is 32.1. The monoisotopic (exact) mass is 284 g/mol. The van der Waals surface area contributed by atoms with E-state index in [1.165, 1.54) is 24.0 Å². The maximum Gasteiger partial charge on any atom is 0.133 e. The van der Waals surface area contributed by atoms with Gasteiger partial charge in [-0.3, -0.25) is 0 Å². The fourth-order valence-corrected chi connectivity index (χ4v) is 3.96. The van der Waals surface area contributed by atoms with Gasteiger partial charge >= 0.3 is 0 Å². The molecule has 1 N–H and O–H groups in total. The second-order valence-corrected chi connectivity index (χ2v) is 6.42. The molecule has 0 radical (unpaired) electrons. The number of fused-ring (bicyclic) bond motifs is 1. The highest BCUT2D eigenvalue weighted by Crippen LogP contribution is 2.44. The van der Waals surface area contributed by atoms with Gasteiger partial charge in [0.1, 0.15) is 5.76 Å². The van der Waals surface area contributed by atoms with Crippen LogP contribution in [0.4, 0.5) is 0 Å². The number of allylic oxidation sites excluding steroid dienone is 3. The van der Waals surface area contributed by atoms with E-state index in [0.717, 1.165) is 5.57 Å². The Balaban J connectivity index is 1.90. The van der Waals surface area contributed by atoms with E-state index in [9.17, 15) is 5.11 Å². The van der Waals surface area contributed by atoms with Crippen molar-refractivity contribution in [2.45, 2.75) is 32.6 Å². The smallest absolute Gasteiger partial charge is 0.133 e. The van der Waals surface area contributed by atoms with E-state index >= 15 is 0 Å². The molecule has 0 spiro atoms. The van der Waals surface area contributed by atoms with E-state index in [-0.39, 0.29) is 5.92 Å². The Hall–Kier alpha value is -1.41. The average Bonchev–Trinajstić information content (AvgIpc) is 2.88. The average molecular weight is 284 g/mol. The minimum Gasteiger partial charge on any atom is -0.506 e. The summed E-state index contributed by atoms with van der Waals surface area (Å²) in [6.07, 6.45) is 6.45. The molecule has 1 aromatic rings. The van der Waals surface area contributed by atoms with Gasteiger partial charge in [0.2, 0.25) is 0 Å². The lowest BCUT2D eigenvalue weighted by molar-refractivity contribution is 0.364. The fourth-order valence-electron chi connectivity index (χ4n) is 3.72. The molecule has 20 heavy (non-hydrogen) atoms. The van der Waals surface area contributed by atoms with Crippen LogP contribution in [0.1, 0.15) is 37.3 Å². The highest BCUT2D eigenvalue weighted by Gasteiger charge is 2.33. The van der Waals surface area contributed by atoms with Gasteiger partial charge in [0.25, 0.3) is 0 Å². The number of aliphatic hydroxyl groups is 1. The number of hydrogen-bond acceptors (Lipinski definition) is 2. The molecule has 1 unspecified atom stereocenters. The molecule has 3 atom stereocenters. The molecule has 0 amide bonds. The van der Waals surface area contributed by atoms with Crippen molar-refractivity contribution in [3.63, 3.8) is 0 Å². The van der Waals surface area contributed by atoms with E-state index in [2.05, 4.69) is 37.3 Å². The van der Waals surface area contributed by atoms with Gasteiger partial charge in [-0.25, -0.2) is 0 Å². The van der Waals surface area contributed by atoms with Crippen LogP contribution in [-0.4, -0.2) is 9.97 Å². The topological polar surface area (TPSA) is 20.2 Å². The van der Waals surface area contributed by atoms with Gasteiger partial charge < -0.3 is 5.11 Å². The summed E-state index contributed by atoms with van der Waals surface area (Å²) < 4.78 is 0. The quantitative estimate of drug-likeness (QED) is 0.792. The third-order valence-corrected chi connectivity index (χ3v) is 5.27. The van der Waals surface area contributed by atoms with Crippen LogP contribution in [-0.2, 0) is 6.42 Å². The summed E-state index contributed by atoms with van der Waals surface area (Å²) in [6.45, 7) is 4.31. The Labute approximate surface area is 126 Å². The van der Waals surface area contributed by atoms with E-state index < -0.39 is 0 Å². The molecule has 2 heteroatoms. The minimum absolute atomic E-state index is 0.290. The molecular formula is C18H20OS. The highest BCUT2D eigenvalue weighted by molar-refractivity contribution is 7.81. The first-order valence-electron chi connectivity index (χ1n) is 7.29. The molecule has 104 valence electrons. The lowest BCUT2D eigenvalue weighted by Crippen LogP contribution is -2.22. The van der Waals surface area contributed by atoms with Crippen molar-refractivity contribution >= 4 is 17.1 Å². The van der Waals surface area contributed by atoms with Gasteiger partial charge in [0, 0.05) is 5.92 Å². The number of thiocarbonyl (C=S) groups is 1. The Bertz CT molecular complexity index is 612. The third kappa shape index (κ3) is 2.12. The number of rotatable bonds is 2. The summed E-state index contributed by atoms with van der Waals surface area (Å²) in [5, 5.41) is 10.1. The second-order valence-electron chi connectivity index (χ2n) is 5.98. The van der Waals surface area contributed by atoms with Gasteiger partial charge in [-0.2, -0.15) is 0 Å². The van der Waals surface area contributed by atoms with Crippen LogP contribution < -0.4 is 0 Å². The van der Waals surface area contributed by atoms with E-state index in [4.69, 9.17) is 12.2 Å². The predicted molar refractivity (Wildman–Crippen MR) is 87.2 cm³/mol. The van der Waals surface area contributed by atoms with Crippen LogP contribution in [0.5, 0.6) is 0 Å². The summed E-state index contributed by atoms with van der Waals surface area (Å²) in [5.41, 5.74) is 4.01. The molecule has 0 aromatic heterocycles. The molecular weight excluding hydrogens is 264 g/mol. The first kappa shape index (κ1) is 13.6. The molecule has 3 rings (SSSR count). The maximum absolute atomic E-state index is 10.1. The van der Waals surface area contributed by atoms with Crippen LogP contribution in [0.3, 0.4) is 0 Å². The van der Waals surface area contributed by atoms with Crippen molar-refractivity contribution in [2.75, 3.05) is 0 Å². The molecule has 1 nitrogen and oxygen atoms in total. The molecule has 0 saturated heterocycles. The number of aliphatic hydroxyl groups excluding tert-OH is 1. The Kier molecular flexibility index (Phi) is 3.51. The summed E-state index contributed by atoms with van der Waals surface area (Å²) in [5.74, 6) is 1.67. The van der Waals surface area contributed by atoms with Crippen molar-refractivity contribution in [1.29, 1.82) is 0 Å². The van der Waals surface area contributed by atoms with Gasteiger partial charge in [-0.05, 0) is 54.4 Å². The molecule has 0 aliphatic heterocycles. The van der Waals surface area contributed by atoms with Crippen LogP contribution in [0.2, 0.25) is 0 Å². The Morgan fingerprint density at radius 2 is 2.05 bits per heavy atom. The van der Waals surface area contributed by atoms with Gasteiger partial charge in [0.05, 0.1) is 4.86 Å². The van der Waals surface area contributed by atoms with Crippen molar-refractivity contribution in [3.05, 3.63) is 58.9 Å². The number of aryl methyl sites for hydroxylation is 1. The summed E-state index contributed by atoms with van der Waals surface area (Å²) in [7, 11) is 0. The third-order valence-electron chi connectivity index (χ3n) is 4.94. The molecule has 0 fully saturated rings. The molecule has 0 bridgehead atoms. The zero-order valence-electron chi connectivity index (χ0n) is 12.0. The summed E-state index contributed by atoms with van der Waals surface area (Å²) >= 11 is 5.15. The van der Waals surface area contributed by atoms with E-state index in [1.54, 1.807) is 0 Å². The molecule has 1 aromatic carbocycles. The standard InChI is InChI=1S/C18H20OS/c1-11(14-9-10-17(20)18(19)12(14)2)15-8-7-13-5-3-4-6-16(13)15/h3-6,9-11,14-15,19H,7-8H2,1-2H3/t11-,14?,15+/m0/s1. The first-order chi connectivity index (χ1) is 9.59. The van der Waals surface area contributed by atoms with Crippen LogP contribution in [0, 0.1) is 11.8 Å². The zero-order valence-corrected chi connectivity index (χ0v) is 12.8. The largest absolute Gasteiger partial charge is 0.506 e. The molecule has 0 heterocycles. The van der Waals surface area contributed by atoms with E-state index in [0.29, 0.717) is 22.5 Å². The molecule has 2 aliphatic rings. The lowest BCUT2D eigenvalue weighted by Gasteiger charge is -2.30. The van der Waals surface area contributed by atoms with Crippen molar-refractivity contribution in [2.24, 2.45) is 11.8 Å². The van der Waals surface area contributed by atoms with Crippen molar-refractivity contribution in [1.82, 2.24) is 0 Å². The second kappa shape index (κ2) is 5.17. The van der Waals surface area contributed by atoms with Gasteiger partial charge in [-0.15, -0.1) is 0 Å².